The molecule has 72 valence electrons. The van der Waals surface area contributed by atoms with E-state index in [2.05, 4.69) is 36.7 Å². The standard InChI is InChI=1S/C11H15BrO/c1-4-11(2,3)13-10-8-6-5-7-9(10)12/h5-8H,4H2,1-3H3. The highest BCUT2D eigenvalue weighted by atomic mass is 79.9. The maximum atomic E-state index is 5.83. The van der Waals surface area contributed by atoms with Gasteiger partial charge in [0, 0.05) is 0 Å². The highest BCUT2D eigenvalue weighted by molar-refractivity contribution is 9.10. The lowest BCUT2D eigenvalue weighted by Gasteiger charge is -2.25. The third kappa shape index (κ3) is 3.03. The van der Waals surface area contributed by atoms with Crippen LogP contribution in [0.15, 0.2) is 28.7 Å². The van der Waals surface area contributed by atoms with Crippen LogP contribution in [0.4, 0.5) is 0 Å². The molecule has 0 radical (unpaired) electrons. The normalized spacial score (nSPS) is 11.4. The molecule has 1 nitrogen and oxygen atoms in total. The Hall–Kier alpha value is -0.500. The van der Waals surface area contributed by atoms with Gasteiger partial charge in [0.15, 0.2) is 0 Å². The number of para-hydroxylation sites is 1. The lowest BCUT2D eigenvalue weighted by Crippen LogP contribution is -2.26. The van der Waals surface area contributed by atoms with Gasteiger partial charge < -0.3 is 4.74 Å². The first kappa shape index (κ1) is 10.6. The summed E-state index contributed by atoms with van der Waals surface area (Å²) in [6.07, 6.45) is 0.994. The first-order valence-electron chi connectivity index (χ1n) is 4.49. The highest BCUT2D eigenvalue weighted by Crippen LogP contribution is 2.28. The van der Waals surface area contributed by atoms with E-state index in [1.807, 2.05) is 24.3 Å². The van der Waals surface area contributed by atoms with Crippen LogP contribution in [0.1, 0.15) is 27.2 Å². The van der Waals surface area contributed by atoms with Crippen molar-refractivity contribution in [2.45, 2.75) is 32.8 Å². The Kier molecular flexibility index (Phi) is 3.37. The van der Waals surface area contributed by atoms with Gasteiger partial charge in [0.25, 0.3) is 0 Å². The summed E-state index contributed by atoms with van der Waals surface area (Å²) in [6.45, 7) is 6.30. The van der Waals surface area contributed by atoms with Crippen molar-refractivity contribution in [3.05, 3.63) is 28.7 Å². The van der Waals surface area contributed by atoms with Crippen LogP contribution in [-0.4, -0.2) is 5.60 Å². The van der Waals surface area contributed by atoms with E-state index in [1.54, 1.807) is 0 Å². The molecule has 0 aromatic heterocycles. The predicted molar refractivity (Wildman–Crippen MR) is 59.1 cm³/mol. The lowest BCUT2D eigenvalue weighted by atomic mass is 10.1. The van der Waals surface area contributed by atoms with E-state index >= 15 is 0 Å². The molecule has 0 aliphatic heterocycles. The molecule has 1 rings (SSSR count). The van der Waals surface area contributed by atoms with E-state index in [0.29, 0.717) is 0 Å². The van der Waals surface area contributed by atoms with Crippen LogP contribution in [0.5, 0.6) is 5.75 Å². The van der Waals surface area contributed by atoms with E-state index < -0.39 is 0 Å². The number of hydrogen-bond acceptors (Lipinski definition) is 1. The van der Waals surface area contributed by atoms with E-state index in [9.17, 15) is 0 Å². The van der Waals surface area contributed by atoms with Gasteiger partial charge in [-0.05, 0) is 48.3 Å². The van der Waals surface area contributed by atoms with Gasteiger partial charge in [-0.25, -0.2) is 0 Å². The van der Waals surface area contributed by atoms with Crippen molar-refractivity contribution < 1.29 is 4.74 Å². The minimum absolute atomic E-state index is 0.0934. The fourth-order valence-electron chi connectivity index (χ4n) is 0.897. The van der Waals surface area contributed by atoms with Crippen molar-refractivity contribution in [2.24, 2.45) is 0 Å². The topological polar surface area (TPSA) is 9.23 Å². The van der Waals surface area contributed by atoms with Crippen LogP contribution < -0.4 is 4.74 Å². The number of halogens is 1. The molecule has 2 heteroatoms. The first-order chi connectivity index (χ1) is 6.05. The molecule has 1 aromatic carbocycles. The summed E-state index contributed by atoms with van der Waals surface area (Å²) < 4.78 is 6.85. The maximum Gasteiger partial charge on any atom is 0.134 e. The van der Waals surface area contributed by atoms with E-state index in [0.717, 1.165) is 16.6 Å². The molecular weight excluding hydrogens is 228 g/mol. The van der Waals surface area contributed by atoms with Crippen LogP contribution in [0.25, 0.3) is 0 Å². The minimum Gasteiger partial charge on any atom is -0.487 e. The van der Waals surface area contributed by atoms with Gasteiger partial charge in [0.05, 0.1) is 4.47 Å². The van der Waals surface area contributed by atoms with Gasteiger partial charge >= 0.3 is 0 Å². The van der Waals surface area contributed by atoms with Crippen LogP contribution in [0.2, 0.25) is 0 Å². The zero-order valence-corrected chi connectivity index (χ0v) is 9.89. The Morgan fingerprint density at radius 2 is 1.92 bits per heavy atom. The molecule has 0 fully saturated rings. The lowest BCUT2D eigenvalue weighted by molar-refractivity contribution is 0.104. The smallest absolute Gasteiger partial charge is 0.134 e. The largest absolute Gasteiger partial charge is 0.487 e. The molecule has 0 aliphatic carbocycles. The second-order valence-corrected chi connectivity index (χ2v) is 4.50. The fourth-order valence-corrected chi connectivity index (χ4v) is 1.26. The Morgan fingerprint density at radius 1 is 1.31 bits per heavy atom. The molecule has 0 heterocycles. The van der Waals surface area contributed by atoms with Gasteiger partial charge in [-0.15, -0.1) is 0 Å². The minimum atomic E-state index is -0.0934. The fraction of sp³-hybridized carbons (Fsp3) is 0.455. The Morgan fingerprint density at radius 3 is 2.46 bits per heavy atom. The summed E-state index contributed by atoms with van der Waals surface area (Å²) in [4.78, 5) is 0. The quantitative estimate of drug-likeness (QED) is 0.779. The van der Waals surface area contributed by atoms with Crippen molar-refractivity contribution in [3.63, 3.8) is 0 Å². The third-order valence-corrected chi connectivity index (χ3v) is 2.73. The van der Waals surface area contributed by atoms with Gasteiger partial charge in [0.2, 0.25) is 0 Å². The van der Waals surface area contributed by atoms with Crippen LogP contribution >= 0.6 is 15.9 Å². The van der Waals surface area contributed by atoms with Gasteiger partial charge in [0.1, 0.15) is 11.4 Å². The molecule has 0 saturated heterocycles. The van der Waals surface area contributed by atoms with Gasteiger partial charge in [-0.1, -0.05) is 19.1 Å². The van der Waals surface area contributed by atoms with Crippen molar-refractivity contribution in [3.8, 4) is 5.75 Å². The molecule has 0 spiro atoms. The van der Waals surface area contributed by atoms with Crippen LogP contribution in [-0.2, 0) is 0 Å². The Labute approximate surface area is 88.2 Å². The molecule has 0 amide bonds. The monoisotopic (exact) mass is 242 g/mol. The highest BCUT2D eigenvalue weighted by Gasteiger charge is 2.17. The van der Waals surface area contributed by atoms with Crippen LogP contribution in [0, 0.1) is 0 Å². The summed E-state index contributed by atoms with van der Waals surface area (Å²) in [7, 11) is 0. The van der Waals surface area contributed by atoms with Crippen molar-refractivity contribution >= 4 is 15.9 Å². The second-order valence-electron chi connectivity index (χ2n) is 3.65. The zero-order valence-electron chi connectivity index (χ0n) is 8.30. The SMILES string of the molecule is CCC(C)(C)Oc1ccccc1Br. The molecule has 0 N–H and O–H groups in total. The molecule has 0 saturated carbocycles. The first-order valence-corrected chi connectivity index (χ1v) is 5.28. The zero-order chi connectivity index (χ0) is 9.90. The summed E-state index contributed by atoms with van der Waals surface area (Å²) in [5, 5.41) is 0. The average molecular weight is 243 g/mol. The molecule has 1 aromatic rings. The van der Waals surface area contributed by atoms with Crippen LogP contribution in [0.3, 0.4) is 0 Å². The van der Waals surface area contributed by atoms with Crippen molar-refractivity contribution in [2.75, 3.05) is 0 Å². The van der Waals surface area contributed by atoms with Crippen molar-refractivity contribution in [1.82, 2.24) is 0 Å². The summed E-state index contributed by atoms with van der Waals surface area (Å²) in [5.41, 5.74) is -0.0934. The summed E-state index contributed by atoms with van der Waals surface area (Å²) in [5.74, 6) is 0.911. The molecular formula is C11H15BrO. The summed E-state index contributed by atoms with van der Waals surface area (Å²) >= 11 is 3.45. The average Bonchev–Trinajstić information content (AvgIpc) is 2.09. The number of hydrogen-bond donors (Lipinski definition) is 0. The van der Waals surface area contributed by atoms with Gasteiger partial charge in [-0.3, -0.25) is 0 Å². The number of benzene rings is 1. The molecule has 0 bridgehead atoms. The molecule has 0 atom stereocenters. The Balaban J connectivity index is 2.80. The Bertz CT molecular complexity index is 281. The van der Waals surface area contributed by atoms with Gasteiger partial charge in [-0.2, -0.15) is 0 Å². The van der Waals surface area contributed by atoms with E-state index in [-0.39, 0.29) is 5.60 Å². The van der Waals surface area contributed by atoms with E-state index in [1.165, 1.54) is 0 Å². The maximum absolute atomic E-state index is 5.83. The molecule has 0 unspecified atom stereocenters. The predicted octanol–water partition coefficient (Wildman–Crippen LogP) is 4.02. The number of rotatable bonds is 3. The van der Waals surface area contributed by atoms with E-state index in [4.69, 9.17) is 4.74 Å². The third-order valence-electron chi connectivity index (χ3n) is 2.07. The number of ether oxygens (including phenoxy) is 1. The second kappa shape index (κ2) is 4.14. The summed E-state index contributed by atoms with van der Waals surface area (Å²) in [6, 6.07) is 7.92. The molecule has 0 aliphatic rings. The molecule has 13 heavy (non-hydrogen) atoms. The van der Waals surface area contributed by atoms with Crippen molar-refractivity contribution in [1.29, 1.82) is 0 Å².